The monoisotopic (exact) mass is 155 g/mol. The van der Waals surface area contributed by atoms with E-state index < -0.39 is 0 Å². The summed E-state index contributed by atoms with van der Waals surface area (Å²) >= 11 is 0. The summed E-state index contributed by atoms with van der Waals surface area (Å²) in [6, 6.07) is 0. The second kappa shape index (κ2) is 6.41. The summed E-state index contributed by atoms with van der Waals surface area (Å²) < 4.78 is 0. The summed E-state index contributed by atoms with van der Waals surface area (Å²) in [5.41, 5.74) is 1.41. The molecule has 66 valence electrons. The number of hydrogen-bond donors (Lipinski definition) is 1. The predicted octanol–water partition coefficient (Wildman–Crippen LogP) is 2.59. The summed E-state index contributed by atoms with van der Waals surface area (Å²) in [4.78, 5) is 0. The van der Waals surface area contributed by atoms with Crippen LogP contribution in [0.3, 0.4) is 0 Å². The van der Waals surface area contributed by atoms with Crippen molar-refractivity contribution in [3.63, 3.8) is 0 Å². The summed E-state index contributed by atoms with van der Waals surface area (Å²) in [6.07, 6.45) is 3.60. The third-order valence-electron chi connectivity index (χ3n) is 2.26. The first kappa shape index (κ1) is 10.7. The van der Waals surface area contributed by atoms with Crippen LogP contribution in [0.5, 0.6) is 0 Å². The summed E-state index contributed by atoms with van der Waals surface area (Å²) in [5, 5.41) is 3.14. The maximum absolute atomic E-state index is 4.09. The van der Waals surface area contributed by atoms with Crippen molar-refractivity contribution >= 4 is 0 Å². The Bertz CT molecular complexity index is 103. The van der Waals surface area contributed by atoms with Crippen LogP contribution in [0.4, 0.5) is 0 Å². The first-order valence-corrected chi connectivity index (χ1v) is 4.58. The Balaban J connectivity index is 3.61. The number of nitrogens with one attached hydrogen (secondary N) is 1. The third-order valence-corrected chi connectivity index (χ3v) is 2.26. The van der Waals surface area contributed by atoms with Crippen LogP contribution >= 0.6 is 0 Å². The second-order valence-corrected chi connectivity index (χ2v) is 3.03. The van der Waals surface area contributed by atoms with Crippen LogP contribution in [0.1, 0.15) is 33.1 Å². The lowest BCUT2D eigenvalue weighted by molar-refractivity contribution is 0.546. The Morgan fingerprint density at radius 1 is 1.36 bits per heavy atom. The molecule has 0 heterocycles. The van der Waals surface area contributed by atoms with Crippen molar-refractivity contribution in [2.24, 2.45) is 5.92 Å². The molecule has 0 saturated carbocycles. The normalized spacial score (nSPS) is 10.5. The molecule has 11 heavy (non-hydrogen) atoms. The van der Waals surface area contributed by atoms with Gasteiger partial charge in [-0.2, -0.15) is 0 Å². The zero-order valence-electron chi connectivity index (χ0n) is 8.11. The van der Waals surface area contributed by atoms with Crippen LogP contribution in [-0.4, -0.2) is 13.6 Å². The first-order valence-electron chi connectivity index (χ1n) is 4.58. The van der Waals surface area contributed by atoms with Gasteiger partial charge >= 0.3 is 0 Å². The molecular weight excluding hydrogens is 134 g/mol. The van der Waals surface area contributed by atoms with Crippen LogP contribution in [0.2, 0.25) is 0 Å². The molecule has 1 N–H and O–H groups in total. The molecule has 0 saturated heterocycles. The van der Waals surface area contributed by atoms with Crippen molar-refractivity contribution in [2.75, 3.05) is 13.6 Å². The van der Waals surface area contributed by atoms with E-state index in [1.165, 1.54) is 18.4 Å². The topological polar surface area (TPSA) is 12.0 Å². The SMILES string of the molecule is C=C(CCNC)C(CC)CC. The van der Waals surface area contributed by atoms with Gasteiger partial charge in [0.15, 0.2) is 0 Å². The molecular formula is C10H21N. The quantitative estimate of drug-likeness (QED) is 0.581. The van der Waals surface area contributed by atoms with E-state index in [-0.39, 0.29) is 0 Å². The summed E-state index contributed by atoms with van der Waals surface area (Å²) in [6.45, 7) is 9.63. The summed E-state index contributed by atoms with van der Waals surface area (Å²) in [7, 11) is 1.99. The molecule has 0 amide bonds. The van der Waals surface area contributed by atoms with Gasteiger partial charge in [0.05, 0.1) is 0 Å². The van der Waals surface area contributed by atoms with E-state index in [0.717, 1.165) is 18.9 Å². The lowest BCUT2D eigenvalue weighted by Crippen LogP contribution is -2.11. The van der Waals surface area contributed by atoms with Gasteiger partial charge in [-0.25, -0.2) is 0 Å². The van der Waals surface area contributed by atoms with Gasteiger partial charge in [0.1, 0.15) is 0 Å². The Labute approximate surface area is 70.9 Å². The first-order chi connectivity index (χ1) is 5.26. The molecule has 0 aliphatic carbocycles. The predicted molar refractivity (Wildman–Crippen MR) is 51.8 cm³/mol. The van der Waals surface area contributed by atoms with Gasteiger partial charge in [0.2, 0.25) is 0 Å². The lowest BCUT2D eigenvalue weighted by Gasteiger charge is -2.15. The van der Waals surface area contributed by atoms with E-state index in [1.807, 2.05) is 7.05 Å². The van der Waals surface area contributed by atoms with Crippen LogP contribution in [-0.2, 0) is 0 Å². The molecule has 0 rings (SSSR count). The van der Waals surface area contributed by atoms with E-state index in [0.29, 0.717) is 0 Å². The Hall–Kier alpha value is -0.300. The second-order valence-electron chi connectivity index (χ2n) is 3.03. The fourth-order valence-electron chi connectivity index (χ4n) is 1.36. The van der Waals surface area contributed by atoms with Gasteiger partial charge in [-0.3, -0.25) is 0 Å². The van der Waals surface area contributed by atoms with Crippen molar-refractivity contribution < 1.29 is 0 Å². The van der Waals surface area contributed by atoms with E-state index in [1.54, 1.807) is 0 Å². The van der Waals surface area contributed by atoms with E-state index >= 15 is 0 Å². The zero-order valence-corrected chi connectivity index (χ0v) is 8.11. The third kappa shape index (κ3) is 4.20. The highest BCUT2D eigenvalue weighted by Gasteiger charge is 2.06. The highest BCUT2D eigenvalue weighted by Crippen LogP contribution is 2.19. The number of hydrogen-bond acceptors (Lipinski definition) is 1. The zero-order chi connectivity index (χ0) is 8.69. The fourth-order valence-corrected chi connectivity index (χ4v) is 1.36. The molecule has 1 nitrogen and oxygen atoms in total. The molecule has 0 aliphatic rings. The van der Waals surface area contributed by atoms with Crippen molar-refractivity contribution in [3.8, 4) is 0 Å². The minimum absolute atomic E-state index is 0.739. The molecule has 0 aromatic carbocycles. The average Bonchev–Trinajstić information content (AvgIpc) is 2.03. The Morgan fingerprint density at radius 3 is 2.27 bits per heavy atom. The maximum Gasteiger partial charge on any atom is -0.00146 e. The molecule has 0 radical (unpaired) electrons. The maximum atomic E-state index is 4.09. The van der Waals surface area contributed by atoms with Crippen LogP contribution in [0, 0.1) is 5.92 Å². The molecule has 0 bridgehead atoms. The van der Waals surface area contributed by atoms with Gasteiger partial charge < -0.3 is 5.32 Å². The van der Waals surface area contributed by atoms with E-state index in [4.69, 9.17) is 0 Å². The molecule has 0 aromatic rings. The van der Waals surface area contributed by atoms with Gasteiger partial charge in [-0.05, 0) is 38.8 Å². The smallest absolute Gasteiger partial charge is 0.00146 e. The standard InChI is InChI=1S/C10H21N/c1-5-10(6-2)9(3)7-8-11-4/h10-11H,3,5-8H2,1-2,4H3. The van der Waals surface area contributed by atoms with Gasteiger partial charge in [0, 0.05) is 0 Å². The highest BCUT2D eigenvalue weighted by atomic mass is 14.8. The van der Waals surface area contributed by atoms with Crippen molar-refractivity contribution in [2.45, 2.75) is 33.1 Å². The van der Waals surface area contributed by atoms with Crippen molar-refractivity contribution in [1.82, 2.24) is 5.32 Å². The number of rotatable bonds is 6. The molecule has 0 fully saturated rings. The van der Waals surface area contributed by atoms with Gasteiger partial charge in [-0.1, -0.05) is 26.0 Å². The Kier molecular flexibility index (Phi) is 6.24. The largest absolute Gasteiger partial charge is 0.319 e. The van der Waals surface area contributed by atoms with Gasteiger partial charge in [0.25, 0.3) is 0 Å². The molecule has 0 aromatic heterocycles. The lowest BCUT2D eigenvalue weighted by atomic mass is 9.93. The van der Waals surface area contributed by atoms with Crippen molar-refractivity contribution in [1.29, 1.82) is 0 Å². The highest BCUT2D eigenvalue weighted by molar-refractivity contribution is 5.00. The molecule has 0 unspecified atom stereocenters. The fraction of sp³-hybridized carbons (Fsp3) is 0.800. The molecule has 1 heteroatoms. The molecule has 0 atom stereocenters. The van der Waals surface area contributed by atoms with Gasteiger partial charge in [-0.15, -0.1) is 0 Å². The van der Waals surface area contributed by atoms with E-state index in [2.05, 4.69) is 25.7 Å². The van der Waals surface area contributed by atoms with Crippen LogP contribution < -0.4 is 5.32 Å². The Morgan fingerprint density at radius 2 is 1.91 bits per heavy atom. The van der Waals surface area contributed by atoms with Crippen LogP contribution in [0.25, 0.3) is 0 Å². The average molecular weight is 155 g/mol. The summed E-state index contributed by atoms with van der Waals surface area (Å²) in [5.74, 6) is 0.739. The van der Waals surface area contributed by atoms with Crippen LogP contribution in [0.15, 0.2) is 12.2 Å². The van der Waals surface area contributed by atoms with Crippen molar-refractivity contribution in [3.05, 3.63) is 12.2 Å². The minimum Gasteiger partial charge on any atom is -0.319 e. The van der Waals surface area contributed by atoms with E-state index in [9.17, 15) is 0 Å². The molecule has 0 spiro atoms. The minimum atomic E-state index is 0.739. The molecule has 0 aliphatic heterocycles.